The van der Waals surface area contributed by atoms with Gasteiger partial charge >= 0.3 is 0 Å². The molecule has 3 rings (SSSR count). The third kappa shape index (κ3) is 2.28. The Morgan fingerprint density at radius 3 is 3.06 bits per heavy atom. The summed E-state index contributed by atoms with van der Waals surface area (Å²) in [6.45, 7) is 3.16. The number of halogens is 1. The Bertz CT molecular complexity index is 544. The van der Waals surface area contributed by atoms with Gasteiger partial charge in [-0.15, -0.1) is 0 Å². The second-order valence-electron chi connectivity index (χ2n) is 4.81. The highest BCUT2D eigenvalue weighted by molar-refractivity contribution is 6.28. The van der Waals surface area contributed by atoms with Gasteiger partial charge in [0.15, 0.2) is 0 Å². The minimum Gasteiger partial charge on any atom is -0.365 e. The second-order valence-corrected chi connectivity index (χ2v) is 5.15. The molecule has 2 atom stereocenters. The second kappa shape index (κ2) is 4.74. The molecule has 1 fully saturated rings. The van der Waals surface area contributed by atoms with Gasteiger partial charge in [0.05, 0.1) is 5.39 Å². The van der Waals surface area contributed by atoms with Crippen molar-refractivity contribution in [3.05, 3.63) is 17.5 Å². The lowest BCUT2D eigenvalue weighted by Gasteiger charge is -2.28. The average molecular weight is 266 g/mol. The van der Waals surface area contributed by atoms with Gasteiger partial charge in [-0.25, -0.2) is 4.98 Å². The van der Waals surface area contributed by atoms with Crippen LogP contribution >= 0.6 is 11.6 Å². The monoisotopic (exact) mass is 265 g/mol. The van der Waals surface area contributed by atoms with Crippen LogP contribution < -0.4 is 10.6 Å². The summed E-state index contributed by atoms with van der Waals surface area (Å²) in [7, 11) is 0. The molecule has 0 aromatic carbocycles. The van der Waals surface area contributed by atoms with Crippen molar-refractivity contribution in [2.45, 2.75) is 31.8 Å². The predicted molar refractivity (Wildman–Crippen MR) is 73.0 cm³/mol. The Labute approximate surface area is 110 Å². The van der Waals surface area contributed by atoms with Crippen LogP contribution in [0.25, 0.3) is 11.0 Å². The van der Waals surface area contributed by atoms with Crippen molar-refractivity contribution in [1.82, 2.24) is 20.3 Å². The standard InChI is InChI=1S/C12H16ClN5/c1-7-2-3-8(6-15-7)16-11-9-4-5-14-10(9)17-12(13)18-11/h4-5,7-8,15H,2-3,6H2,1H3,(H2,14,16,17,18). The van der Waals surface area contributed by atoms with Crippen LogP contribution in [0.5, 0.6) is 0 Å². The summed E-state index contributed by atoms with van der Waals surface area (Å²) in [6.07, 6.45) is 4.16. The van der Waals surface area contributed by atoms with Crippen molar-refractivity contribution in [2.24, 2.45) is 0 Å². The number of piperidine rings is 1. The Morgan fingerprint density at radius 2 is 2.28 bits per heavy atom. The van der Waals surface area contributed by atoms with Gasteiger partial charge in [0, 0.05) is 24.8 Å². The molecular formula is C12H16ClN5. The Kier molecular flexibility index (Phi) is 3.09. The lowest BCUT2D eigenvalue weighted by Crippen LogP contribution is -2.43. The number of nitrogens with one attached hydrogen (secondary N) is 3. The maximum absolute atomic E-state index is 5.92. The number of hydrogen-bond acceptors (Lipinski definition) is 4. The minimum absolute atomic E-state index is 0.268. The highest BCUT2D eigenvalue weighted by Gasteiger charge is 2.19. The average Bonchev–Trinajstić information content (AvgIpc) is 2.80. The van der Waals surface area contributed by atoms with E-state index in [9.17, 15) is 0 Å². The van der Waals surface area contributed by atoms with Gasteiger partial charge in [-0.2, -0.15) is 4.98 Å². The molecule has 0 aliphatic carbocycles. The normalized spacial score (nSPS) is 24.3. The van der Waals surface area contributed by atoms with Crippen LogP contribution in [0, 0.1) is 0 Å². The Morgan fingerprint density at radius 1 is 1.39 bits per heavy atom. The van der Waals surface area contributed by atoms with Gasteiger partial charge in [0.2, 0.25) is 5.28 Å². The summed E-state index contributed by atoms with van der Waals surface area (Å²) in [6, 6.07) is 2.96. The van der Waals surface area contributed by atoms with E-state index < -0.39 is 0 Å². The maximum Gasteiger partial charge on any atom is 0.226 e. The fourth-order valence-electron chi connectivity index (χ4n) is 2.34. The summed E-state index contributed by atoms with van der Waals surface area (Å²) < 4.78 is 0. The van der Waals surface area contributed by atoms with Crippen molar-refractivity contribution in [1.29, 1.82) is 0 Å². The van der Waals surface area contributed by atoms with Crippen LogP contribution in [0.1, 0.15) is 19.8 Å². The van der Waals surface area contributed by atoms with Crippen LogP contribution in [-0.4, -0.2) is 33.6 Å². The highest BCUT2D eigenvalue weighted by atomic mass is 35.5. The van der Waals surface area contributed by atoms with E-state index in [4.69, 9.17) is 11.6 Å². The maximum atomic E-state index is 5.92. The Balaban J connectivity index is 1.83. The van der Waals surface area contributed by atoms with E-state index in [1.54, 1.807) is 0 Å². The van der Waals surface area contributed by atoms with Crippen LogP contribution in [0.2, 0.25) is 5.28 Å². The molecule has 2 aromatic heterocycles. The molecule has 18 heavy (non-hydrogen) atoms. The molecule has 0 spiro atoms. The minimum atomic E-state index is 0.268. The number of aromatic nitrogens is 3. The summed E-state index contributed by atoms with van der Waals surface area (Å²) >= 11 is 5.92. The molecule has 0 radical (unpaired) electrons. The summed E-state index contributed by atoms with van der Waals surface area (Å²) in [4.78, 5) is 11.5. The number of fused-ring (bicyclic) bond motifs is 1. The highest BCUT2D eigenvalue weighted by Crippen LogP contribution is 2.23. The SMILES string of the molecule is CC1CCC(Nc2nc(Cl)nc3[nH]ccc23)CN1. The first-order valence-corrected chi connectivity index (χ1v) is 6.61. The molecule has 2 aromatic rings. The first kappa shape index (κ1) is 11.7. The topological polar surface area (TPSA) is 65.6 Å². The lowest BCUT2D eigenvalue weighted by atomic mass is 10.0. The van der Waals surface area contributed by atoms with E-state index in [0.29, 0.717) is 12.1 Å². The molecule has 1 aliphatic heterocycles. The molecule has 1 aliphatic rings. The quantitative estimate of drug-likeness (QED) is 0.728. The van der Waals surface area contributed by atoms with E-state index in [1.807, 2.05) is 12.3 Å². The number of aromatic amines is 1. The molecular weight excluding hydrogens is 250 g/mol. The molecule has 2 unspecified atom stereocenters. The van der Waals surface area contributed by atoms with Gasteiger partial charge in [0.1, 0.15) is 11.5 Å². The van der Waals surface area contributed by atoms with E-state index in [0.717, 1.165) is 29.8 Å². The zero-order valence-electron chi connectivity index (χ0n) is 10.2. The smallest absolute Gasteiger partial charge is 0.226 e. The molecule has 3 heterocycles. The van der Waals surface area contributed by atoms with Crippen molar-refractivity contribution < 1.29 is 0 Å². The van der Waals surface area contributed by atoms with Crippen LogP contribution in [0.15, 0.2) is 12.3 Å². The number of H-pyrrole nitrogens is 1. The summed E-state index contributed by atoms with van der Waals surface area (Å²) in [5.41, 5.74) is 0.773. The summed E-state index contributed by atoms with van der Waals surface area (Å²) in [5.74, 6) is 0.813. The van der Waals surface area contributed by atoms with Crippen molar-refractivity contribution in [3.63, 3.8) is 0 Å². The van der Waals surface area contributed by atoms with Gasteiger partial charge in [-0.1, -0.05) is 0 Å². The third-order valence-electron chi connectivity index (χ3n) is 3.39. The molecule has 6 heteroatoms. The largest absolute Gasteiger partial charge is 0.365 e. The van der Waals surface area contributed by atoms with Gasteiger partial charge in [0.25, 0.3) is 0 Å². The van der Waals surface area contributed by atoms with Crippen LogP contribution in [-0.2, 0) is 0 Å². The van der Waals surface area contributed by atoms with Crippen molar-refractivity contribution in [2.75, 3.05) is 11.9 Å². The van der Waals surface area contributed by atoms with E-state index >= 15 is 0 Å². The molecule has 96 valence electrons. The zero-order chi connectivity index (χ0) is 12.5. The van der Waals surface area contributed by atoms with Crippen LogP contribution in [0.4, 0.5) is 5.82 Å². The van der Waals surface area contributed by atoms with Crippen LogP contribution in [0.3, 0.4) is 0 Å². The predicted octanol–water partition coefficient (Wildman–Crippen LogP) is 2.16. The fourth-order valence-corrected chi connectivity index (χ4v) is 2.51. The fraction of sp³-hybridized carbons (Fsp3) is 0.500. The van der Waals surface area contributed by atoms with E-state index in [1.165, 1.54) is 6.42 Å². The first-order valence-electron chi connectivity index (χ1n) is 6.23. The summed E-state index contributed by atoms with van der Waals surface area (Å²) in [5, 5.41) is 8.17. The molecule has 5 nitrogen and oxygen atoms in total. The number of hydrogen-bond donors (Lipinski definition) is 3. The zero-order valence-corrected chi connectivity index (χ0v) is 11.0. The van der Waals surface area contributed by atoms with Gasteiger partial charge in [-0.05, 0) is 37.4 Å². The number of anilines is 1. The van der Waals surface area contributed by atoms with E-state index in [-0.39, 0.29) is 5.28 Å². The van der Waals surface area contributed by atoms with Crippen molar-refractivity contribution >= 4 is 28.5 Å². The lowest BCUT2D eigenvalue weighted by molar-refractivity contribution is 0.398. The molecule has 3 N–H and O–H groups in total. The number of rotatable bonds is 2. The Hall–Kier alpha value is -1.33. The number of nitrogens with zero attached hydrogens (tertiary/aromatic N) is 2. The molecule has 1 saturated heterocycles. The first-order chi connectivity index (χ1) is 8.72. The molecule has 0 bridgehead atoms. The van der Waals surface area contributed by atoms with Gasteiger partial charge in [-0.3, -0.25) is 0 Å². The molecule has 0 amide bonds. The third-order valence-corrected chi connectivity index (χ3v) is 3.56. The molecule has 0 saturated carbocycles. The van der Waals surface area contributed by atoms with E-state index in [2.05, 4.69) is 32.5 Å². The van der Waals surface area contributed by atoms with Crippen molar-refractivity contribution in [3.8, 4) is 0 Å². The van der Waals surface area contributed by atoms with Gasteiger partial charge < -0.3 is 15.6 Å².